The van der Waals surface area contributed by atoms with Gasteiger partial charge in [-0.15, -0.1) is 0 Å². The van der Waals surface area contributed by atoms with Crippen LogP contribution in [0.25, 0.3) is 0 Å². The lowest BCUT2D eigenvalue weighted by Gasteiger charge is -2.29. The predicted molar refractivity (Wildman–Crippen MR) is 56.6 cm³/mol. The monoisotopic (exact) mass is 230 g/mol. The third kappa shape index (κ3) is 3.18. The number of esters is 1. The van der Waals surface area contributed by atoms with Crippen molar-refractivity contribution in [2.24, 2.45) is 5.73 Å². The first-order chi connectivity index (χ1) is 7.47. The van der Waals surface area contributed by atoms with Crippen LogP contribution in [0.2, 0.25) is 0 Å². The molecule has 1 fully saturated rings. The van der Waals surface area contributed by atoms with Crippen LogP contribution in [-0.2, 0) is 19.1 Å². The van der Waals surface area contributed by atoms with Crippen LogP contribution in [0.5, 0.6) is 0 Å². The number of carbonyl (C=O) groups excluding carboxylic acids is 2. The lowest BCUT2D eigenvalue weighted by Crippen LogP contribution is -2.51. The van der Waals surface area contributed by atoms with Crippen LogP contribution >= 0.6 is 0 Å². The molecule has 6 heteroatoms. The Labute approximate surface area is 94.7 Å². The van der Waals surface area contributed by atoms with Gasteiger partial charge in [-0.25, -0.2) is 0 Å². The second kappa shape index (κ2) is 5.27. The lowest BCUT2D eigenvalue weighted by atomic mass is 9.98. The molecule has 6 nitrogen and oxygen atoms in total. The first-order valence-electron chi connectivity index (χ1n) is 5.20. The van der Waals surface area contributed by atoms with Gasteiger partial charge in [-0.2, -0.15) is 0 Å². The zero-order chi connectivity index (χ0) is 12.2. The Bertz CT molecular complexity index is 272. The number of carbonyl (C=O) groups is 2. The minimum Gasteiger partial charge on any atom is -0.468 e. The van der Waals surface area contributed by atoms with Crippen LogP contribution in [-0.4, -0.2) is 55.7 Å². The highest BCUT2D eigenvalue weighted by Crippen LogP contribution is 2.11. The van der Waals surface area contributed by atoms with Crippen molar-refractivity contribution >= 4 is 11.9 Å². The molecule has 1 aliphatic heterocycles. The van der Waals surface area contributed by atoms with Gasteiger partial charge in [-0.05, 0) is 6.92 Å². The van der Waals surface area contributed by atoms with Crippen molar-refractivity contribution in [3.63, 3.8) is 0 Å². The molecule has 1 aliphatic rings. The molecule has 0 aliphatic carbocycles. The van der Waals surface area contributed by atoms with Crippen molar-refractivity contribution < 1.29 is 19.1 Å². The molecular weight excluding hydrogens is 212 g/mol. The minimum absolute atomic E-state index is 0.0420. The fourth-order valence-corrected chi connectivity index (χ4v) is 1.54. The Morgan fingerprint density at radius 3 is 2.50 bits per heavy atom. The average Bonchev–Trinajstić information content (AvgIpc) is 2.28. The largest absolute Gasteiger partial charge is 0.468 e. The van der Waals surface area contributed by atoms with Gasteiger partial charge >= 0.3 is 5.97 Å². The Hall–Kier alpha value is -1.14. The molecule has 0 aromatic carbocycles. The summed E-state index contributed by atoms with van der Waals surface area (Å²) in [5.41, 5.74) is 4.47. The highest BCUT2D eigenvalue weighted by molar-refractivity contribution is 5.88. The van der Waals surface area contributed by atoms with Gasteiger partial charge in [0.05, 0.1) is 26.7 Å². The lowest BCUT2D eigenvalue weighted by molar-refractivity contribution is -0.150. The molecule has 1 rings (SSSR count). The molecule has 16 heavy (non-hydrogen) atoms. The normalized spacial score (nSPS) is 20.1. The molecular formula is C10H18N2O4. The Morgan fingerprint density at radius 1 is 1.44 bits per heavy atom. The second-order valence-electron chi connectivity index (χ2n) is 4.08. The summed E-state index contributed by atoms with van der Waals surface area (Å²) >= 11 is 0. The number of methoxy groups -OCH3 is 1. The van der Waals surface area contributed by atoms with Crippen LogP contribution in [0.4, 0.5) is 0 Å². The fourth-order valence-electron chi connectivity index (χ4n) is 1.54. The number of ether oxygens (including phenoxy) is 2. The van der Waals surface area contributed by atoms with Crippen molar-refractivity contribution in [1.29, 1.82) is 0 Å². The standard InChI is InChI=1S/C10H18N2O4/c1-10(11,9(14)15-2)7-8(13)12-3-5-16-6-4-12/h3-7,11H2,1-2H3. The summed E-state index contributed by atoms with van der Waals surface area (Å²) in [7, 11) is 1.26. The molecule has 2 N–H and O–H groups in total. The van der Waals surface area contributed by atoms with E-state index in [-0.39, 0.29) is 12.3 Å². The smallest absolute Gasteiger partial charge is 0.326 e. The number of rotatable bonds is 3. The van der Waals surface area contributed by atoms with E-state index in [1.54, 1.807) is 4.90 Å². The van der Waals surface area contributed by atoms with Gasteiger partial charge in [0.15, 0.2) is 0 Å². The van der Waals surface area contributed by atoms with Gasteiger partial charge in [0.2, 0.25) is 5.91 Å². The molecule has 0 saturated carbocycles. The van der Waals surface area contributed by atoms with Crippen molar-refractivity contribution in [2.75, 3.05) is 33.4 Å². The summed E-state index contributed by atoms with van der Waals surface area (Å²) in [6.07, 6.45) is -0.0420. The molecule has 1 amide bonds. The Morgan fingerprint density at radius 2 is 2.00 bits per heavy atom. The maximum atomic E-state index is 11.8. The molecule has 0 aromatic rings. The van der Waals surface area contributed by atoms with E-state index in [0.29, 0.717) is 26.3 Å². The summed E-state index contributed by atoms with van der Waals surface area (Å²) < 4.78 is 9.68. The quantitative estimate of drug-likeness (QED) is 0.637. The summed E-state index contributed by atoms with van der Waals surface area (Å²) in [4.78, 5) is 24.8. The number of nitrogens with zero attached hydrogens (tertiary/aromatic N) is 1. The number of hydrogen-bond acceptors (Lipinski definition) is 5. The predicted octanol–water partition coefficient (Wildman–Crippen LogP) is -0.874. The van der Waals surface area contributed by atoms with E-state index >= 15 is 0 Å². The van der Waals surface area contributed by atoms with Crippen LogP contribution in [0.15, 0.2) is 0 Å². The van der Waals surface area contributed by atoms with E-state index in [1.807, 2.05) is 0 Å². The van der Waals surface area contributed by atoms with Gasteiger partial charge in [0.1, 0.15) is 5.54 Å². The highest BCUT2D eigenvalue weighted by atomic mass is 16.5. The zero-order valence-electron chi connectivity index (χ0n) is 9.69. The Balaban J connectivity index is 2.52. The number of hydrogen-bond donors (Lipinski definition) is 1. The molecule has 0 aromatic heterocycles. The van der Waals surface area contributed by atoms with Gasteiger partial charge < -0.3 is 20.1 Å². The number of amides is 1. The minimum atomic E-state index is -1.26. The van der Waals surface area contributed by atoms with Crippen molar-refractivity contribution in [3.8, 4) is 0 Å². The molecule has 0 radical (unpaired) electrons. The summed E-state index contributed by atoms with van der Waals surface area (Å²) in [5.74, 6) is -0.715. The average molecular weight is 230 g/mol. The highest BCUT2D eigenvalue weighted by Gasteiger charge is 2.34. The van der Waals surface area contributed by atoms with Crippen molar-refractivity contribution in [3.05, 3.63) is 0 Å². The van der Waals surface area contributed by atoms with Gasteiger partial charge in [-0.3, -0.25) is 9.59 Å². The maximum Gasteiger partial charge on any atom is 0.326 e. The van der Waals surface area contributed by atoms with Crippen LogP contribution in [0, 0.1) is 0 Å². The molecule has 1 atom stereocenters. The van der Waals surface area contributed by atoms with Crippen LogP contribution in [0.1, 0.15) is 13.3 Å². The summed E-state index contributed by atoms with van der Waals surface area (Å²) in [6.45, 7) is 3.67. The summed E-state index contributed by atoms with van der Waals surface area (Å²) in [5, 5.41) is 0. The first kappa shape index (κ1) is 12.9. The number of morpholine rings is 1. The summed E-state index contributed by atoms with van der Waals surface area (Å²) in [6, 6.07) is 0. The molecule has 0 spiro atoms. The Kier molecular flexibility index (Phi) is 4.26. The molecule has 92 valence electrons. The fraction of sp³-hybridized carbons (Fsp3) is 0.800. The van der Waals surface area contributed by atoms with Gasteiger partial charge in [-0.1, -0.05) is 0 Å². The maximum absolute atomic E-state index is 11.8. The third-order valence-corrected chi connectivity index (χ3v) is 2.53. The SMILES string of the molecule is COC(=O)C(C)(N)CC(=O)N1CCOCC1. The van der Waals surface area contributed by atoms with Crippen LogP contribution in [0.3, 0.4) is 0 Å². The van der Waals surface area contributed by atoms with E-state index in [4.69, 9.17) is 10.5 Å². The molecule has 1 saturated heterocycles. The van der Waals surface area contributed by atoms with Crippen LogP contribution < -0.4 is 5.73 Å². The molecule has 0 bridgehead atoms. The van der Waals surface area contributed by atoms with Gasteiger partial charge in [0, 0.05) is 13.1 Å². The van der Waals surface area contributed by atoms with E-state index < -0.39 is 11.5 Å². The van der Waals surface area contributed by atoms with E-state index in [9.17, 15) is 9.59 Å². The van der Waals surface area contributed by atoms with E-state index in [1.165, 1.54) is 14.0 Å². The second-order valence-corrected chi connectivity index (χ2v) is 4.08. The molecule has 1 unspecified atom stereocenters. The van der Waals surface area contributed by atoms with Crippen molar-refractivity contribution in [1.82, 2.24) is 4.90 Å². The van der Waals surface area contributed by atoms with Gasteiger partial charge in [0.25, 0.3) is 0 Å². The topological polar surface area (TPSA) is 81.9 Å². The molecule has 1 heterocycles. The first-order valence-corrected chi connectivity index (χ1v) is 5.20. The number of nitrogens with two attached hydrogens (primary N) is 1. The third-order valence-electron chi connectivity index (χ3n) is 2.53. The van der Waals surface area contributed by atoms with Crippen molar-refractivity contribution in [2.45, 2.75) is 18.9 Å². The van der Waals surface area contributed by atoms with E-state index in [0.717, 1.165) is 0 Å². The van der Waals surface area contributed by atoms with E-state index in [2.05, 4.69) is 4.74 Å². The zero-order valence-corrected chi connectivity index (χ0v) is 9.69.